The van der Waals surface area contributed by atoms with E-state index in [0.29, 0.717) is 5.82 Å². The zero-order chi connectivity index (χ0) is 14.5. The topological polar surface area (TPSA) is 64.8 Å². The predicted molar refractivity (Wildman–Crippen MR) is 79.3 cm³/mol. The molecule has 0 amide bonds. The quantitative estimate of drug-likeness (QED) is 0.681. The molecule has 0 saturated carbocycles. The Bertz CT molecular complexity index is 645. The molecule has 0 bridgehead atoms. The lowest BCUT2D eigenvalue weighted by Crippen LogP contribution is -2.18. The van der Waals surface area contributed by atoms with Gasteiger partial charge in [-0.25, -0.2) is 9.97 Å². The number of anilines is 2. The highest BCUT2D eigenvalue weighted by atomic mass is 15.2. The molecule has 5 nitrogen and oxygen atoms in total. The van der Waals surface area contributed by atoms with Crippen molar-refractivity contribution < 1.29 is 0 Å². The Morgan fingerprint density at radius 2 is 2.00 bits per heavy atom. The highest BCUT2D eigenvalue weighted by Gasteiger charge is 2.06. The molecular weight excluding hydrogens is 250 g/mol. The third kappa shape index (κ3) is 3.23. The van der Waals surface area contributed by atoms with Crippen LogP contribution in [0.5, 0.6) is 0 Å². The summed E-state index contributed by atoms with van der Waals surface area (Å²) in [5, 5.41) is 11.1. The van der Waals surface area contributed by atoms with E-state index in [1.54, 1.807) is 6.07 Å². The fraction of sp³-hybridized carbons (Fsp3) is 0.267. The van der Waals surface area contributed by atoms with Crippen molar-refractivity contribution in [1.29, 1.82) is 5.26 Å². The SMILES string of the molecule is Cc1ccc(CN(C)c2cc(NC#N)ncn2)cc1C. The number of nitriles is 1. The van der Waals surface area contributed by atoms with E-state index in [-0.39, 0.29) is 0 Å². The van der Waals surface area contributed by atoms with E-state index in [4.69, 9.17) is 5.26 Å². The molecular formula is C15H17N5. The molecule has 2 aromatic rings. The Hall–Kier alpha value is -2.61. The number of benzene rings is 1. The third-order valence-electron chi connectivity index (χ3n) is 3.22. The van der Waals surface area contributed by atoms with Crippen LogP contribution in [0.15, 0.2) is 30.6 Å². The van der Waals surface area contributed by atoms with E-state index < -0.39 is 0 Å². The lowest BCUT2D eigenvalue weighted by molar-refractivity contribution is 0.890. The second kappa shape index (κ2) is 6.02. The Morgan fingerprint density at radius 3 is 2.70 bits per heavy atom. The van der Waals surface area contributed by atoms with Gasteiger partial charge in [-0.05, 0) is 30.5 Å². The molecule has 0 aliphatic heterocycles. The van der Waals surface area contributed by atoms with E-state index >= 15 is 0 Å². The number of hydrogen-bond acceptors (Lipinski definition) is 5. The van der Waals surface area contributed by atoms with Crippen LogP contribution >= 0.6 is 0 Å². The summed E-state index contributed by atoms with van der Waals surface area (Å²) in [4.78, 5) is 10.2. The van der Waals surface area contributed by atoms with Gasteiger partial charge < -0.3 is 4.90 Å². The second-order valence-corrected chi connectivity index (χ2v) is 4.77. The summed E-state index contributed by atoms with van der Waals surface area (Å²) >= 11 is 0. The van der Waals surface area contributed by atoms with Crippen LogP contribution in [0, 0.1) is 25.3 Å². The second-order valence-electron chi connectivity index (χ2n) is 4.77. The first-order valence-corrected chi connectivity index (χ1v) is 6.34. The van der Waals surface area contributed by atoms with Gasteiger partial charge in [0.25, 0.3) is 0 Å². The van der Waals surface area contributed by atoms with Gasteiger partial charge in [0.15, 0.2) is 6.19 Å². The molecule has 1 N–H and O–H groups in total. The number of aryl methyl sites for hydroxylation is 2. The minimum Gasteiger partial charge on any atom is -0.355 e. The smallest absolute Gasteiger partial charge is 0.182 e. The molecule has 102 valence electrons. The molecule has 5 heteroatoms. The fourth-order valence-electron chi connectivity index (χ4n) is 1.94. The van der Waals surface area contributed by atoms with Gasteiger partial charge >= 0.3 is 0 Å². The number of rotatable bonds is 4. The summed E-state index contributed by atoms with van der Waals surface area (Å²) < 4.78 is 0. The van der Waals surface area contributed by atoms with Gasteiger partial charge in [-0.15, -0.1) is 0 Å². The monoisotopic (exact) mass is 267 g/mol. The molecule has 0 aliphatic rings. The summed E-state index contributed by atoms with van der Waals surface area (Å²) in [6, 6.07) is 8.18. The van der Waals surface area contributed by atoms with Crippen molar-refractivity contribution in [2.24, 2.45) is 0 Å². The molecule has 0 radical (unpaired) electrons. The first-order valence-electron chi connectivity index (χ1n) is 6.34. The summed E-state index contributed by atoms with van der Waals surface area (Å²) in [7, 11) is 1.97. The molecule has 0 spiro atoms. The van der Waals surface area contributed by atoms with Gasteiger partial charge in [0.1, 0.15) is 18.0 Å². The van der Waals surface area contributed by atoms with Gasteiger partial charge in [0.05, 0.1) is 0 Å². The molecule has 2 rings (SSSR count). The molecule has 20 heavy (non-hydrogen) atoms. The summed E-state index contributed by atoms with van der Waals surface area (Å²) in [6.45, 7) is 4.97. The summed E-state index contributed by atoms with van der Waals surface area (Å²) in [6.07, 6.45) is 3.31. The van der Waals surface area contributed by atoms with E-state index in [2.05, 4.69) is 47.3 Å². The summed E-state index contributed by atoms with van der Waals surface area (Å²) in [5.74, 6) is 1.28. The van der Waals surface area contributed by atoms with Crippen LogP contribution in [-0.2, 0) is 6.54 Å². The zero-order valence-electron chi connectivity index (χ0n) is 11.9. The largest absolute Gasteiger partial charge is 0.355 e. The molecule has 1 aromatic carbocycles. The average Bonchev–Trinajstić information content (AvgIpc) is 2.43. The maximum atomic E-state index is 8.61. The number of nitrogens with one attached hydrogen (secondary N) is 1. The van der Waals surface area contributed by atoms with Crippen LogP contribution in [0.3, 0.4) is 0 Å². The van der Waals surface area contributed by atoms with E-state index in [0.717, 1.165) is 12.4 Å². The van der Waals surface area contributed by atoms with Crippen molar-refractivity contribution in [3.05, 3.63) is 47.3 Å². The molecule has 0 atom stereocenters. The molecule has 0 aliphatic carbocycles. The molecule has 0 saturated heterocycles. The van der Waals surface area contributed by atoms with Gasteiger partial charge in [0.2, 0.25) is 0 Å². The van der Waals surface area contributed by atoms with Crippen molar-refractivity contribution in [2.45, 2.75) is 20.4 Å². The summed E-state index contributed by atoms with van der Waals surface area (Å²) in [5.41, 5.74) is 3.80. The van der Waals surface area contributed by atoms with Crippen molar-refractivity contribution in [3.8, 4) is 6.19 Å². The van der Waals surface area contributed by atoms with Gasteiger partial charge in [-0.1, -0.05) is 18.2 Å². The highest BCUT2D eigenvalue weighted by Crippen LogP contribution is 2.17. The minimum absolute atomic E-state index is 0.504. The van der Waals surface area contributed by atoms with E-state index in [1.165, 1.54) is 23.0 Å². The van der Waals surface area contributed by atoms with Crippen molar-refractivity contribution in [2.75, 3.05) is 17.3 Å². The Balaban J connectivity index is 2.15. The molecule has 0 fully saturated rings. The first kappa shape index (κ1) is 13.8. The molecule has 1 heterocycles. The number of aromatic nitrogens is 2. The van der Waals surface area contributed by atoms with Crippen LogP contribution in [-0.4, -0.2) is 17.0 Å². The van der Waals surface area contributed by atoms with Crippen LogP contribution in [0.4, 0.5) is 11.6 Å². The normalized spacial score (nSPS) is 9.90. The Labute approximate surface area is 118 Å². The molecule has 0 unspecified atom stereocenters. The molecule has 1 aromatic heterocycles. The van der Waals surface area contributed by atoms with Crippen molar-refractivity contribution in [3.63, 3.8) is 0 Å². The Morgan fingerprint density at radius 1 is 1.20 bits per heavy atom. The maximum absolute atomic E-state index is 8.61. The van der Waals surface area contributed by atoms with Crippen molar-refractivity contribution in [1.82, 2.24) is 9.97 Å². The third-order valence-corrected chi connectivity index (χ3v) is 3.22. The zero-order valence-corrected chi connectivity index (χ0v) is 11.9. The highest BCUT2D eigenvalue weighted by molar-refractivity contribution is 5.50. The lowest BCUT2D eigenvalue weighted by Gasteiger charge is -2.19. The van der Waals surface area contributed by atoms with Gasteiger partial charge in [-0.2, -0.15) is 5.26 Å². The predicted octanol–water partition coefficient (Wildman–Crippen LogP) is 2.62. The standard InChI is InChI=1S/C15H17N5/c1-11-4-5-13(6-12(11)2)8-20(3)15-7-14(17-9-16)18-10-19-15/h4-7,10H,8H2,1-3H3,(H,17,18,19). The van der Waals surface area contributed by atoms with Crippen LogP contribution in [0.25, 0.3) is 0 Å². The van der Waals surface area contributed by atoms with E-state index in [1.807, 2.05) is 18.1 Å². The number of hydrogen-bond donors (Lipinski definition) is 1. The van der Waals surface area contributed by atoms with Crippen LogP contribution in [0.2, 0.25) is 0 Å². The maximum Gasteiger partial charge on any atom is 0.182 e. The van der Waals surface area contributed by atoms with E-state index in [9.17, 15) is 0 Å². The average molecular weight is 267 g/mol. The van der Waals surface area contributed by atoms with Crippen molar-refractivity contribution >= 4 is 11.6 Å². The van der Waals surface area contributed by atoms with Crippen LogP contribution < -0.4 is 10.2 Å². The lowest BCUT2D eigenvalue weighted by atomic mass is 10.1. The number of nitrogens with zero attached hydrogens (tertiary/aromatic N) is 4. The Kier molecular flexibility index (Phi) is 4.16. The van der Waals surface area contributed by atoms with Gasteiger partial charge in [0, 0.05) is 19.7 Å². The minimum atomic E-state index is 0.504. The first-order chi connectivity index (χ1) is 9.60. The van der Waals surface area contributed by atoms with Gasteiger partial charge in [-0.3, -0.25) is 5.32 Å². The van der Waals surface area contributed by atoms with Crippen LogP contribution in [0.1, 0.15) is 16.7 Å². The fourth-order valence-corrected chi connectivity index (χ4v) is 1.94.